The third-order valence-electron chi connectivity index (χ3n) is 11.4. The summed E-state index contributed by atoms with van der Waals surface area (Å²) in [5, 5.41) is 14.3. The van der Waals surface area contributed by atoms with Gasteiger partial charge in [-0.1, -0.05) is 42.8 Å². The summed E-state index contributed by atoms with van der Waals surface area (Å²) in [4.78, 5) is 33.3. The van der Waals surface area contributed by atoms with Crippen molar-refractivity contribution >= 4 is 39.9 Å². The lowest BCUT2D eigenvalue weighted by Gasteiger charge is -2.63. The summed E-state index contributed by atoms with van der Waals surface area (Å²) in [6.45, 7) is 3.99. The molecule has 7 rings (SSSR count). The normalized spacial score (nSPS) is 45.8. The van der Waals surface area contributed by atoms with Gasteiger partial charge in [0.2, 0.25) is 5.12 Å². The molecule has 5 nitrogen and oxygen atoms in total. The minimum atomic E-state index is -2.18. The van der Waals surface area contributed by atoms with Gasteiger partial charge >= 0.3 is 0 Å². The number of ketones is 1. The molecule has 1 saturated heterocycles. The summed E-state index contributed by atoms with van der Waals surface area (Å²) in [5.74, 6) is -1.84. The van der Waals surface area contributed by atoms with Crippen LogP contribution in [0.1, 0.15) is 52.4 Å². The molecule has 9 atom stereocenters. The Morgan fingerprint density at radius 1 is 1.18 bits per heavy atom. The highest BCUT2D eigenvalue weighted by Crippen LogP contribution is 2.73. The van der Waals surface area contributed by atoms with Crippen LogP contribution in [0.25, 0.3) is 0 Å². The Kier molecular flexibility index (Phi) is 6.02. The number of hydrogen-bond acceptors (Lipinski definition) is 6. The quantitative estimate of drug-likeness (QED) is 0.454. The molecule has 0 bridgehead atoms. The third-order valence-corrected chi connectivity index (χ3v) is 12.9. The van der Waals surface area contributed by atoms with Crippen LogP contribution in [0, 0.1) is 28.6 Å². The van der Waals surface area contributed by atoms with Crippen LogP contribution in [0.5, 0.6) is 0 Å². The molecule has 6 aliphatic rings. The molecule has 5 fully saturated rings. The zero-order chi connectivity index (χ0) is 28.2. The number of rotatable bonds is 3. The maximum absolute atomic E-state index is 17.6. The van der Waals surface area contributed by atoms with E-state index in [1.165, 1.54) is 30.0 Å². The number of allylic oxidation sites excluding steroid dienone is 4. The Hall–Kier alpha value is -1.74. The summed E-state index contributed by atoms with van der Waals surface area (Å²) in [6, 6.07) is 7.25. The molecule has 1 N–H and O–H groups in total. The fourth-order valence-electron chi connectivity index (χ4n) is 9.08. The van der Waals surface area contributed by atoms with E-state index in [0.717, 1.165) is 24.9 Å². The number of aliphatic hydroxyl groups excluding tert-OH is 1. The first-order valence-electron chi connectivity index (χ1n) is 14.3. The second-order valence-electron chi connectivity index (χ2n) is 13.1. The Morgan fingerprint density at radius 2 is 1.90 bits per heavy atom. The topological polar surface area (TPSA) is 66.8 Å². The number of alkyl halides is 2. The molecule has 1 heterocycles. The summed E-state index contributed by atoms with van der Waals surface area (Å²) < 4.78 is 33.5. The number of aliphatic hydroxyl groups is 1. The van der Waals surface area contributed by atoms with Crippen molar-refractivity contribution in [3.8, 4) is 0 Å². The van der Waals surface area contributed by atoms with Crippen molar-refractivity contribution in [1.82, 2.24) is 0 Å². The van der Waals surface area contributed by atoms with Gasteiger partial charge in [-0.2, -0.15) is 0 Å². The maximum Gasteiger partial charge on any atom is 0.224 e. The molecular weight excluding hydrogens is 556 g/mol. The zero-order valence-corrected chi connectivity index (χ0v) is 24.2. The van der Waals surface area contributed by atoms with Gasteiger partial charge in [0.15, 0.2) is 17.1 Å². The number of fused-ring (bicyclic) bond motifs is 7. The average molecular weight is 590 g/mol. The first kappa shape index (κ1) is 27.1. The average Bonchev–Trinajstić information content (AvgIpc) is 3.38. The molecule has 0 unspecified atom stereocenters. The van der Waals surface area contributed by atoms with Crippen molar-refractivity contribution in [3.05, 3.63) is 53.1 Å². The third kappa shape index (κ3) is 3.34. The monoisotopic (exact) mass is 589 g/mol. The van der Waals surface area contributed by atoms with Gasteiger partial charge < -0.3 is 5.11 Å². The number of hydroxylamine groups is 1. The molecule has 1 aliphatic heterocycles. The van der Waals surface area contributed by atoms with E-state index in [1.807, 2.05) is 19.1 Å². The first-order chi connectivity index (χ1) is 18.9. The fraction of sp³-hybridized carbons (Fsp3) is 0.613. The molecule has 1 aromatic carbocycles. The maximum atomic E-state index is 17.6. The largest absolute Gasteiger partial charge is 0.390 e. The van der Waals surface area contributed by atoms with Gasteiger partial charge in [0.1, 0.15) is 6.17 Å². The lowest BCUT2D eigenvalue weighted by molar-refractivity contribution is -0.225. The summed E-state index contributed by atoms with van der Waals surface area (Å²) in [7, 11) is 0. The van der Waals surface area contributed by atoms with Gasteiger partial charge in [-0.15, -0.1) is 0 Å². The van der Waals surface area contributed by atoms with Crippen LogP contribution in [0.2, 0.25) is 5.02 Å². The van der Waals surface area contributed by atoms with Crippen molar-refractivity contribution in [1.29, 1.82) is 0 Å². The molecule has 0 spiro atoms. The SMILES string of the molecule is C[C@]12C=CC(=O)C=C1[C@@H](F)C[C@H]1[C@@H]3C[C@H]4CN(c5ccc(Cl)cc5)O[C@@]4(C(=O)SC4CCC4)[C@@]3(C)C[C@H](O)[C@@]12F. The Balaban J connectivity index is 1.31. The second kappa shape index (κ2) is 8.88. The van der Waals surface area contributed by atoms with Crippen LogP contribution in [-0.4, -0.2) is 51.3 Å². The number of anilines is 1. The molecule has 214 valence electrons. The van der Waals surface area contributed by atoms with Crippen LogP contribution in [-0.2, 0) is 14.4 Å². The van der Waals surface area contributed by atoms with Gasteiger partial charge in [-0.3, -0.25) is 19.5 Å². The van der Waals surface area contributed by atoms with Crippen molar-refractivity contribution < 1.29 is 28.3 Å². The standard InChI is InChI=1S/C31H34ClF2NO4S/c1-28-11-10-20(36)13-24(28)25(33)14-23-22-12-17-16-35(19-8-6-18(32)7-9-19)39-31(17,27(38)40-21-4-3-5-21)29(22,2)15-26(37)30(23,28)34/h6-11,13,17,21-23,25-26,37H,3-5,12,14-16H2,1-2H3/t17-,22-,23-,25-,26-,28-,29-,30-,31-/m0/s1. The van der Waals surface area contributed by atoms with Crippen molar-refractivity contribution in [2.45, 2.75) is 81.2 Å². The van der Waals surface area contributed by atoms with Gasteiger partial charge in [0.05, 0.1) is 18.3 Å². The van der Waals surface area contributed by atoms with Gasteiger partial charge in [-0.05, 0) is 86.9 Å². The minimum Gasteiger partial charge on any atom is -0.390 e. The number of nitrogens with zero attached hydrogens (tertiary/aromatic N) is 1. The predicted octanol–water partition coefficient (Wildman–Crippen LogP) is 6.19. The number of halogens is 3. The molecule has 0 aromatic heterocycles. The van der Waals surface area contributed by atoms with E-state index in [-0.39, 0.29) is 46.4 Å². The van der Waals surface area contributed by atoms with E-state index in [2.05, 4.69) is 0 Å². The van der Waals surface area contributed by atoms with Gasteiger partial charge in [0, 0.05) is 32.9 Å². The van der Waals surface area contributed by atoms with E-state index in [1.54, 1.807) is 24.1 Å². The molecule has 0 radical (unpaired) electrons. The van der Waals surface area contributed by atoms with Crippen molar-refractivity contribution in [2.75, 3.05) is 11.6 Å². The van der Waals surface area contributed by atoms with Crippen molar-refractivity contribution in [3.63, 3.8) is 0 Å². The van der Waals surface area contributed by atoms with E-state index >= 15 is 8.78 Å². The van der Waals surface area contributed by atoms with Gasteiger partial charge in [-0.25, -0.2) is 8.78 Å². The van der Waals surface area contributed by atoms with Crippen LogP contribution >= 0.6 is 23.4 Å². The molecule has 0 amide bonds. The predicted molar refractivity (Wildman–Crippen MR) is 150 cm³/mol. The second-order valence-corrected chi connectivity index (χ2v) is 14.8. The first-order valence-corrected chi connectivity index (χ1v) is 15.6. The van der Waals surface area contributed by atoms with E-state index in [4.69, 9.17) is 16.4 Å². The lowest BCUT2D eigenvalue weighted by Crippen LogP contribution is -2.70. The molecule has 9 heteroatoms. The Morgan fingerprint density at radius 3 is 2.58 bits per heavy atom. The van der Waals surface area contributed by atoms with Crippen LogP contribution < -0.4 is 5.06 Å². The van der Waals surface area contributed by atoms with Crippen LogP contribution in [0.3, 0.4) is 0 Å². The summed E-state index contributed by atoms with van der Waals surface area (Å²) >= 11 is 7.45. The Bertz CT molecular complexity index is 1330. The highest BCUT2D eigenvalue weighted by Gasteiger charge is 2.80. The van der Waals surface area contributed by atoms with Gasteiger partial charge in [0.25, 0.3) is 0 Å². The number of carbonyl (C=O) groups is 2. The van der Waals surface area contributed by atoms with E-state index in [0.29, 0.717) is 18.0 Å². The van der Waals surface area contributed by atoms with E-state index in [9.17, 15) is 14.7 Å². The number of hydrogen-bond donors (Lipinski definition) is 1. The molecule has 1 aromatic rings. The van der Waals surface area contributed by atoms with Crippen LogP contribution in [0.4, 0.5) is 14.5 Å². The number of carbonyl (C=O) groups excluding carboxylic acids is 2. The zero-order valence-electron chi connectivity index (χ0n) is 22.6. The Labute approximate surface area is 242 Å². The van der Waals surface area contributed by atoms with Crippen LogP contribution in [0.15, 0.2) is 48.1 Å². The molecular formula is C31H34ClF2NO4S. The number of thioether (sulfide) groups is 1. The highest BCUT2D eigenvalue weighted by molar-refractivity contribution is 8.14. The smallest absolute Gasteiger partial charge is 0.224 e. The highest BCUT2D eigenvalue weighted by atomic mass is 35.5. The fourth-order valence-corrected chi connectivity index (χ4v) is 10.7. The summed E-state index contributed by atoms with van der Waals surface area (Å²) in [5.41, 5.74) is -4.94. The molecule has 4 saturated carbocycles. The minimum absolute atomic E-state index is 0.00813. The molecule has 40 heavy (non-hydrogen) atoms. The molecule has 5 aliphatic carbocycles. The summed E-state index contributed by atoms with van der Waals surface area (Å²) in [6.07, 6.45) is 4.37. The van der Waals surface area contributed by atoms with Crippen molar-refractivity contribution in [2.24, 2.45) is 28.6 Å². The number of benzene rings is 1. The lowest BCUT2D eigenvalue weighted by atomic mass is 9.44. The van der Waals surface area contributed by atoms with E-state index < -0.39 is 40.3 Å².